The molecule has 1 saturated heterocycles. The summed E-state index contributed by atoms with van der Waals surface area (Å²) in [6.07, 6.45) is 0.853. The highest BCUT2D eigenvalue weighted by molar-refractivity contribution is 7.89. The van der Waals surface area contributed by atoms with Gasteiger partial charge in [-0.1, -0.05) is 25.1 Å². The van der Waals surface area contributed by atoms with Crippen molar-refractivity contribution in [3.63, 3.8) is 0 Å². The molecule has 1 aromatic heterocycles. The average Bonchev–Trinajstić information content (AvgIpc) is 2.73. The van der Waals surface area contributed by atoms with Gasteiger partial charge in [0.25, 0.3) is 0 Å². The van der Waals surface area contributed by atoms with Gasteiger partial charge < -0.3 is 4.42 Å². The highest BCUT2D eigenvalue weighted by Gasteiger charge is 2.29. The second-order valence-electron chi connectivity index (χ2n) is 7.41. The van der Waals surface area contributed by atoms with Crippen LogP contribution in [-0.4, -0.2) is 43.8 Å². The molecule has 0 radical (unpaired) electrons. The molecular formula is C22H23FN2O4S. The summed E-state index contributed by atoms with van der Waals surface area (Å²) in [5.41, 5.74) is 2.14. The highest BCUT2D eigenvalue weighted by atomic mass is 32.2. The van der Waals surface area contributed by atoms with Gasteiger partial charge >= 0.3 is 5.63 Å². The maximum atomic E-state index is 13.5. The van der Waals surface area contributed by atoms with E-state index in [2.05, 4.69) is 4.90 Å². The summed E-state index contributed by atoms with van der Waals surface area (Å²) < 4.78 is 45.7. The predicted octanol–water partition coefficient (Wildman–Crippen LogP) is 3.00. The molecule has 1 aliphatic heterocycles. The second-order valence-corrected chi connectivity index (χ2v) is 9.35. The van der Waals surface area contributed by atoms with Crippen LogP contribution in [0.5, 0.6) is 0 Å². The number of sulfonamides is 1. The zero-order valence-electron chi connectivity index (χ0n) is 16.7. The molecule has 8 heteroatoms. The molecule has 6 nitrogen and oxygen atoms in total. The van der Waals surface area contributed by atoms with E-state index in [1.165, 1.54) is 28.6 Å². The molecule has 158 valence electrons. The van der Waals surface area contributed by atoms with Crippen LogP contribution < -0.4 is 5.63 Å². The summed E-state index contributed by atoms with van der Waals surface area (Å²) in [4.78, 5) is 14.1. The summed E-state index contributed by atoms with van der Waals surface area (Å²) in [6.45, 7) is 4.21. The predicted molar refractivity (Wildman–Crippen MR) is 112 cm³/mol. The molecular weight excluding hydrogens is 407 g/mol. The molecule has 2 aromatic carbocycles. The maximum Gasteiger partial charge on any atom is 0.336 e. The zero-order valence-corrected chi connectivity index (χ0v) is 17.5. The van der Waals surface area contributed by atoms with Gasteiger partial charge in [-0.3, -0.25) is 4.90 Å². The number of nitrogens with zero attached hydrogens (tertiary/aromatic N) is 2. The van der Waals surface area contributed by atoms with Crippen molar-refractivity contribution in [3.05, 3.63) is 75.9 Å². The fraction of sp³-hybridized carbons (Fsp3) is 0.318. The number of hydrogen-bond donors (Lipinski definition) is 0. The SMILES string of the molecule is CCc1ccc2c(CN3CCN(S(=O)(=O)c4cccc(F)c4)CC3)cc(=O)oc2c1. The fourth-order valence-electron chi connectivity index (χ4n) is 3.77. The fourth-order valence-corrected chi connectivity index (χ4v) is 5.22. The van der Waals surface area contributed by atoms with E-state index in [1.54, 1.807) is 0 Å². The van der Waals surface area contributed by atoms with Crippen molar-refractivity contribution in [1.29, 1.82) is 0 Å². The summed E-state index contributed by atoms with van der Waals surface area (Å²) in [5, 5.41) is 0.890. The normalized spacial score (nSPS) is 16.2. The minimum absolute atomic E-state index is 0.0330. The van der Waals surface area contributed by atoms with Gasteiger partial charge in [-0.15, -0.1) is 0 Å². The molecule has 0 spiro atoms. The van der Waals surface area contributed by atoms with Crippen molar-refractivity contribution < 1.29 is 17.2 Å². The van der Waals surface area contributed by atoms with Crippen LogP contribution in [0.15, 0.2) is 62.6 Å². The van der Waals surface area contributed by atoms with Crippen LogP contribution in [0.1, 0.15) is 18.1 Å². The van der Waals surface area contributed by atoms with Gasteiger partial charge in [-0.05, 0) is 41.8 Å². The quantitative estimate of drug-likeness (QED) is 0.582. The number of aryl methyl sites for hydroxylation is 1. The van der Waals surface area contributed by atoms with Crippen LogP contribution in [0, 0.1) is 5.82 Å². The smallest absolute Gasteiger partial charge is 0.336 e. The zero-order chi connectivity index (χ0) is 21.3. The summed E-state index contributed by atoms with van der Waals surface area (Å²) >= 11 is 0. The maximum absolute atomic E-state index is 13.5. The Morgan fingerprint density at radius 1 is 1.03 bits per heavy atom. The van der Waals surface area contributed by atoms with E-state index >= 15 is 0 Å². The Balaban J connectivity index is 1.50. The van der Waals surface area contributed by atoms with E-state index in [1.807, 2.05) is 25.1 Å². The second kappa shape index (κ2) is 8.29. The van der Waals surface area contributed by atoms with Crippen LogP contribution in [0.4, 0.5) is 4.39 Å². The molecule has 0 atom stereocenters. The van der Waals surface area contributed by atoms with Gasteiger partial charge in [0, 0.05) is 44.2 Å². The van der Waals surface area contributed by atoms with Crippen LogP contribution >= 0.6 is 0 Å². The largest absolute Gasteiger partial charge is 0.423 e. The molecule has 0 saturated carbocycles. The monoisotopic (exact) mass is 430 g/mol. The lowest BCUT2D eigenvalue weighted by Gasteiger charge is -2.34. The molecule has 30 heavy (non-hydrogen) atoms. The number of rotatable bonds is 5. The lowest BCUT2D eigenvalue weighted by Crippen LogP contribution is -2.48. The Morgan fingerprint density at radius 2 is 1.80 bits per heavy atom. The Labute approximate surface area is 174 Å². The van der Waals surface area contributed by atoms with Crippen molar-refractivity contribution in [2.45, 2.75) is 24.8 Å². The van der Waals surface area contributed by atoms with E-state index in [-0.39, 0.29) is 4.90 Å². The van der Waals surface area contributed by atoms with Crippen molar-refractivity contribution in [1.82, 2.24) is 9.21 Å². The number of fused-ring (bicyclic) bond motifs is 1. The van der Waals surface area contributed by atoms with Crippen molar-refractivity contribution in [2.24, 2.45) is 0 Å². The Hall–Kier alpha value is -2.55. The van der Waals surface area contributed by atoms with Gasteiger partial charge in [-0.2, -0.15) is 4.31 Å². The molecule has 0 aliphatic carbocycles. The Bertz CT molecular complexity index is 1230. The Morgan fingerprint density at radius 3 is 2.50 bits per heavy atom. The molecule has 3 aromatic rings. The third-order valence-corrected chi connectivity index (χ3v) is 7.36. The van der Waals surface area contributed by atoms with Crippen molar-refractivity contribution in [3.8, 4) is 0 Å². The molecule has 1 aliphatic rings. The van der Waals surface area contributed by atoms with Gasteiger partial charge in [-0.25, -0.2) is 17.6 Å². The Kier molecular flexibility index (Phi) is 5.73. The summed E-state index contributed by atoms with van der Waals surface area (Å²) in [5.74, 6) is -0.573. The minimum Gasteiger partial charge on any atom is -0.423 e. The molecule has 0 N–H and O–H groups in total. The van der Waals surface area contributed by atoms with Crippen molar-refractivity contribution in [2.75, 3.05) is 26.2 Å². The molecule has 1 fully saturated rings. The lowest BCUT2D eigenvalue weighted by molar-refractivity contribution is 0.182. The van der Waals surface area contributed by atoms with Crippen LogP contribution in [-0.2, 0) is 23.0 Å². The van der Waals surface area contributed by atoms with Crippen LogP contribution in [0.2, 0.25) is 0 Å². The van der Waals surface area contributed by atoms with Gasteiger partial charge in [0.05, 0.1) is 4.90 Å². The first-order chi connectivity index (χ1) is 14.4. The van der Waals surface area contributed by atoms with Gasteiger partial charge in [0.2, 0.25) is 10.0 Å². The van der Waals surface area contributed by atoms with Crippen LogP contribution in [0.3, 0.4) is 0 Å². The number of halogens is 1. The first kappa shape index (κ1) is 20.7. The van der Waals surface area contributed by atoms with Crippen LogP contribution in [0.25, 0.3) is 11.0 Å². The van der Waals surface area contributed by atoms with E-state index in [0.717, 1.165) is 29.0 Å². The van der Waals surface area contributed by atoms with E-state index in [4.69, 9.17) is 4.42 Å². The molecule has 0 bridgehead atoms. The van der Waals surface area contributed by atoms with Crippen molar-refractivity contribution >= 4 is 21.0 Å². The minimum atomic E-state index is -3.73. The highest BCUT2D eigenvalue weighted by Crippen LogP contribution is 2.23. The third-order valence-electron chi connectivity index (χ3n) is 5.46. The average molecular weight is 431 g/mol. The standard InChI is InChI=1S/C22H23FN2O4S/c1-2-16-6-7-20-17(13-22(26)29-21(20)12-16)15-24-8-10-25(11-9-24)30(27,28)19-5-3-4-18(23)14-19/h3-7,12-14H,2,8-11,15H2,1H3. The number of piperazine rings is 1. The van der Waals surface area contributed by atoms with E-state index < -0.39 is 21.5 Å². The summed E-state index contributed by atoms with van der Waals surface area (Å²) in [6, 6.07) is 12.5. The molecule has 4 rings (SSSR count). The first-order valence-electron chi connectivity index (χ1n) is 9.90. The third kappa shape index (κ3) is 4.16. The summed E-state index contributed by atoms with van der Waals surface area (Å²) in [7, 11) is -3.73. The topological polar surface area (TPSA) is 70.8 Å². The molecule has 0 amide bonds. The van der Waals surface area contributed by atoms with Gasteiger partial charge in [0.1, 0.15) is 11.4 Å². The first-order valence-corrected chi connectivity index (χ1v) is 11.3. The number of benzene rings is 2. The van der Waals surface area contributed by atoms with E-state index in [9.17, 15) is 17.6 Å². The molecule has 2 heterocycles. The van der Waals surface area contributed by atoms with E-state index in [0.29, 0.717) is 38.3 Å². The lowest BCUT2D eigenvalue weighted by atomic mass is 10.1. The molecule has 0 unspecified atom stereocenters. The van der Waals surface area contributed by atoms with Gasteiger partial charge in [0.15, 0.2) is 0 Å². The number of hydrogen-bond acceptors (Lipinski definition) is 5.